The monoisotopic (exact) mass is 300 g/mol. The molecule has 1 aromatic carbocycles. The lowest BCUT2D eigenvalue weighted by atomic mass is 10.0. The summed E-state index contributed by atoms with van der Waals surface area (Å²) in [4.78, 5) is 22.1. The Morgan fingerprint density at radius 1 is 1.29 bits per heavy atom. The van der Waals surface area contributed by atoms with Crippen LogP contribution in [-0.4, -0.2) is 56.6 Å². The molecule has 21 heavy (non-hydrogen) atoms. The Labute approximate surface area is 119 Å². The molecule has 0 aliphatic rings. The Kier molecular flexibility index (Phi) is 5.19. The van der Waals surface area contributed by atoms with Crippen molar-refractivity contribution in [3.8, 4) is 5.75 Å². The zero-order chi connectivity index (χ0) is 16.2. The Morgan fingerprint density at radius 2 is 1.81 bits per heavy atom. The van der Waals surface area contributed by atoms with Gasteiger partial charge < -0.3 is 25.7 Å². The summed E-state index contributed by atoms with van der Waals surface area (Å²) in [5.41, 5.74) is -2.72. The van der Waals surface area contributed by atoms with Gasteiger partial charge in [-0.2, -0.15) is 0 Å². The third kappa shape index (κ3) is 3.27. The number of benzene rings is 1. The standard InChI is InChI=1S/C12H16N2O7/c1-7-2-3-8(9(10(7)18)14(20)21)11(19)13-12(4-15,5-16)6-17/h2-3,15-18H,4-6H2,1H3,(H,13,19). The lowest BCUT2D eigenvalue weighted by Crippen LogP contribution is -2.57. The fourth-order valence-electron chi connectivity index (χ4n) is 1.63. The molecule has 0 aliphatic carbocycles. The molecule has 0 saturated heterocycles. The fourth-order valence-corrected chi connectivity index (χ4v) is 1.63. The first kappa shape index (κ1) is 16.8. The van der Waals surface area contributed by atoms with Crippen LogP contribution in [0.25, 0.3) is 0 Å². The highest BCUT2D eigenvalue weighted by Gasteiger charge is 2.34. The molecular weight excluding hydrogens is 284 g/mol. The van der Waals surface area contributed by atoms with E-state index in [1.54, 1.807) is 0 Å². The van der Waals surface area contributed by atoms with Gasteiger partial charge in [-0.15, -0.1) is 0 Å². The van der Waals surface area contributed by atoms with E-state index in [-0.39, 0.29) is 5.56 Å². The molecule has 0 radical (unpaired) electrons. The van der Waals surface area contributed by atoms with E-state index >= 15 is 0 Å². The number of phenolic OH excluding ortho intramolecular Hbond substituents is 1. The van der Waals surface area contributed by atoms with Crippen molar-refractivity contribution in [2.75, 3.05) is 19.8 Å². The van der Waals surface area contributed by atoms with Crippen molar-refractivity contribution in [3.63, 3.8) is 0 Å². The maximum Gasteiger partial charge on any atom is 0.323 e. The number of amides is 1. The van der Waals surface area contributed by atoms with E-state index in [1.807, 2.05) is 0 Å². The minimum Gasteiger partial charge on any atom is -0.502 e. The molecule has 9 nitrogen and oxygen atoms in total. The topological polar surface area (TPSA) is 153 Å². The number of aryl methyl sites for hydroxylation is 1. The number of aromatic hydroxyl groups is 1. The van der Waals surface area contributed by atoms with Crippen molar-refractivity contribution < 1.29 is 30.1 Å². The number of aliphatic hydroxyl groups excluding tert-OH is 3. The average Bonchev–Trinajstić information content (AvgIpc) is 2.47. The van der Waals surface area contributed by atoms with Gasteiger partial charge in [0.25, 0.3) is 5.91 Å². The van der Waals surface area contributed by atoms with Crippen LogP contribution < -0.4 is 5.32 Å². The zero-order valence-electron chi connectivity index (χ0n) is 11.2. The Balaban J connectivity index is 3.25. The predicted octanol–water partition coefficient (Wildman–Crippen LogP) is -0.946. The van der Waals surface area contributed by atoms with Crippen molar-refractivity contribution in [2.45, 2.75) is 12.5 Å². The Morgan fingerprint density at radius 3 is 2.24 bits per heavy atom. The van der Waals surface area contributed by atoms with Crippen LogP contribution in [0.15, 0.2) is 12.1 Å². The van der Waals surface area contributed by atoms with E-state index in [0.717, 1.165) is 6.07 Å². The van der Waals surface area contributed by atoms with E-state index in [1.165, 1.54) is 13.0 Å². The van der Waals surface area contributed by atoms with Crippen molar-refractivity contribution in [2.24, 2.45) is 0 Å². The number of nitro benzene ring substituents is 1. The molecule has 5 N–H and O–H groups in total. The molecule has 0 unspecified atom stereocenters. The lowest BCUT2D eigenvalue weighted by Gasteiger charge is -2.28. The smallest absolute Gasteiger partial charge is 0.323 e. The molecule has 0 aromatic heterocycles. The van der Waals surface area contributed by atoms with Gasteiger partial charge in [-0.05, 0) is 18.6 Å². The quantitative estimate of drug-likeness (QED) is 0.335. The highest BCUT2D eigenvalue weighted by atomic mass is 16.6. The molecule has 116 valence electrons. The van der Waals surface area contributed by atoms with Gasteiger partial charge in [-0.1, -0.05) is 6.07 Å². The molecule has 0 bridgehead atoms. The number of phenols is 1. The predicted molar refractivity (Wildman–Crippen MR) is 71.0 cm³/mol. The SMILES string of the molecule is Cc1ccc(C(=O)NC(CO)(CO)CO)c([N+](=O)[O-])c1O. The molecule has 0 aliphatic heterocycles. The molecular formula is C12H16N2O7. The van der Waals surface area contributed by atoms with E-state index in [0.29, 0.717) is 0 Å². The third-order valence-corrected chi connectivity index (χ3v) is 3.07. The van der Waals surface area contributed by atoms with Crippen molar-refractivity contribution in [3.05, 3.63) is 33.4 Å². The van der Waals surface area contributed by atoms with Gasteiger partial charge in [0.2, 0.25) is 0 Å². The fraction of sp³-hybridized carbons (Fsp3) is 0.417. The first-order valence-electron chi connectivity index (χ1n) is 5.94. The summed E-state index contributed by atoms with van der Waals surface area (Å²) < 4.78 is 0. The van der Waals surface area contributed by atoms with Gasteiger partial charge in [-0.25, -0.2) is 0 Å². The number of aliphatic hydroxyl groups is 3. The molecule has 0 fully saturated rings. The van der Waals surface area contributed by atoms with Gasteiger partial charge in [0.05, 0.1) is 24.7 Å². The summed E-state index contributed by atoms with van der Waals surface area (Å²) in [7, 11) is 0. The summed E-state index contributed by atoms with van der Waals surface area (Å²) in [6, 6.07) is 2.45. The summed E-state index contributed by atoms with van der Waals surface area (Å²) >= 11 is 0. The molecule has 0 saturated carbocycles. The lowest BCUT2D eigenvalue weighted by molar-refractivity contribution is -0.386. The van der Waals surface area contributed by atoms with E-state index < -0.39 is 53.2 Å². The molecule has 0 atom stereocenters. The van der Waals surface area contributed by atoms with E-state index in [9.17, 15) is 20.0 Å². The largest absolute Gasteiger partial charge is 0.502 e. The summed E-state index contributed by atoms with van der Waals surface area (Å²) in [5.74, 6) is -1.65. The molecule has 9 heteroatoms. The summed E-state index contributed by atoms with van der Waals surface area (Å²) in [6.07, 6.45) is 0. The van der Waals surface area contributed by atoms with Crippen LogP contribution in [0.4, 0.5) is 5.69 Å². The number of hydrogen-bond acceptors (Lipinski definition) is 7. The van der Waals surface area contributed by atoms with Crippen LogP contribution in [0.5, 0.6) is 5.75 Å². The van der Waals surface area contributed by atoms with Gasteiger partial charge in [0.15, 0.2) is 5.75 Å². The second-order valence-electron chi connectivity index (χ2n) is 4.59. The number of carbonyl (C=O) groups is 1. The van der Waals surface area contributed by atoms with Crippen molar-refractivity contribution in [1.82, 2.24) is 5.32 Å². The Bertz CT molecular complexity index is 547. The Hall–Kier alpha value is -2.23. The van der Waals surface area contributed by atoms with Crippen LogP contribution in [0.3, 0.4) is 0 Å². The van der Waals surface area contributed by atoms with E-state index in [4.69, 9.17) is 15.3 Å². The normalized spacial score (nSPS) is 11.2. The minimum atomic E-state index is -1.72. The molecule has 0 spiro atoms. The summed E-state index contributed by atoms with van der Waals surface area (Å²) in [6.45, 7) is -0.865. The first-order chi connectivity index (χ1) is 9.81. The van der Waals surface area contributed by atoms with Crippen LogP contribution in [-0.2, 0) is 0 Å². The summed E-state index contributed by atoms with van der Waals surface area (Å²) in [5, 5.41) is 50.2. The second-order valence-corrected chi connectivity index (χ2v) is 4.59. The van der Waals surface area contributed by atoms with Crippen LogP contribution >= 0.6 is 0 Å². The average molecular weight is 300 g/mol. The molecule has 1 rings (SSSR count). The zero-order valence-corrected chi connectivity index (χ0v) is 11.2. The van der Waals surface area contributed by atoms with Crippen LogP contribution in [0.1, 0.15) is 15.9 Å². The van der Waals surface area contributed by atoms with E-state index in [2.05, 4.69) is 5.32 Å². The van der Waals surface area contributed by atoms with Gasteiger partial charge in [0.1, 0.15) is 11.1 Å². The molecule has 0 heterocycles. The minimum absolute atomic E-state index is 0.219. The second kappa shape index (κ2) is 6.48. The number of nitro groups is 1. The number of hydrogen-bond donors (Lipinski definition) is 5. The highest BCUT2D eigenvalue weighted by molar-refractivity contribution is 5.99. The maximum atomic E-state index is 12.1. The van der Waals surface area contributed by atoms with Gasteiger partial charge in [-0.3, -0.25) is 14.9 Å². The first-order valence-corrected chi connectivity index (χ1v) is 5.94. The number of nitrogens with zero attached hydrogens (tertiary/aromatic N) is 1. The molecule has 1 aromatic rings. The van der Waals surface area contributed by atoms with Crippen LogP contribution in [0, 0.1) is 17.0 Å². The maximum absolute atomic E-state index is 12.1. The van der Waals surface area contributed by atoms with Crippen LogP contribution in [0.2, 0.25) is 0 Å². The van der Waals surface area contributed by atoms with Crippen molar-refractivity contribution >= 4 is 11.6 Å². The van der Waals surface area contributed by atoms with Gasteiger partial charge in [0, 0.05) is 0 Å². The molecule has 1 amide bonds. The highest BCUT2D eigenvalue weighted by Crippen LogP contribution is 2.33. The third-order valence-electron chi connectivity index (χ3n) is 3.07. The number of carbonyl (C=O) groups excluding carboxylic acids is 1. The number of nitrogens with one attached hydrogen (secondary N) is 1. The number of rotatable bonds is 6. The van der Waals surface area contributed by atoms with Gasteiger partial charge >= 0.3 is 5.69 Å². The van der Waals surface area contributed by atoms with Crippen molar-refractivity contribution in [1.29, 1.82) is 0 Å².